The fraction of sp³-hybridized carbons (Fsp3) is 0.538. The van der Waals surface area contributed by atoms with Gasteiger partial charge in [-0.2, -0.15) is 11.8 Å². The van der Waals surface area contributed by atoms with E-state index < -0.39 is 0 Å². The number of nitrogens with one attached hydrogen (secondary N) is 1. The average molecular weight is 255 g/mol. The van der Waals surface area contributed by atoms with Crippen molar-refractivity contribution in [2.45, 2.75) is 32.9 Å². The lowest BCUT2D eigenvalue weighted by molar-refractivity contribution is 0.402. The summed E-state index contributed by atoms with van der Waals surface area (Å²) in [4.78, 5) is 0. The highest BCUT2D eigenvalue weighted by atomic mass is 32.2. The molecule has 96 valence electrons. The van der Waals surface area contributed by atoms with Crippen molar-refractivity contribution in [3.05, 3.63) is 23.8 Å². The van der Waals surface area contributed by atoms with Crippen LogP contribution in [0.3, 0.4) is 0 Å². The van der Waals surface area contributed by atoms with E-state index in [0.717, 1.165) is 12.0 Å². The molecular weight excluding hydrogens is 234 g/mol. The van der Waals surface area contributed by atoms with Gasteiger partial charge in [0.1, 0.15) is 0 Å². The van der Waals surface area contributed by atoms with Gasteiger partial charge in [0.05, 0.1) is 0 Å². The number of hydrogen-bond donors (Lipinski definition) is 3. The van der Waals surface area contributed by atoms with E-state index in [1.807, 2.05) is 17.8 Å². The van der Waals surface area contributed by atoms with Gasteiger partial charge in [-0.15, -0.1) is 0 Å². The molecule has 0 heterocycles. The molecule has 0 aliphatic heterocycles. The third-order valence-electron chi connectivity index (χ3n) is 2.59. The van der Waals surface area contributed by atoms with Crippen molar-refractivity contribution < 1.29 is 10.2 Å². The van der Waals surface area contributed by atoms with Gasteiger partial charge in [0.2, 0.25) is 0 Å². The van der Waals surface area contributed by atoms with E-state index in [1.165, 1.54) is 17.6 Å². The largest absolute Gasteiger partial charge is 0.504 e. The van der Waals surface area contributed by atoms with Crippen molar-refractivity contribution in [2.24, 2.45) is 0 Å². The number of phenolic OH excluding ortho intramolecular Hbond substituents is 2. The van der Waals surface area contributed by atoms with Crippen LogP contribution in [0.15, 0.2) is 18.2 Å². The lowest BCUT2D eigenvalue weighted by atomic mass is 10.2. The van der Waals surface area contributed by atoms with Crippen LogP contribution in [-0.2, 0) is 6.54 Å². The summed E-state index contributed by atoms with van der Waals surface area (Å²) in [6, 6.07) is 5.39. The van der Waals surface area contributed by atoms with E-state index in [1.54, 1.807) is 6.07 Å². The van der Waals surface area contributed by atoms with Crippen LogP contribution in [0.4, 0.5) is 0 Å². The van der Waals surface area contributed by atoms with Crippen LogP contribution >= 0.6 is 11.8 Å². The third-order valence-corrected chi connectivity index (χ3v) is 3.53. The standard InChI is InChI=1S/C13H21NO2S/c1-3-17-7-6-10(2)14-9-11-4-5-12(15)13(16)8-11/h4-5,8,10,14-16H,3,6-7,9H2,1-2H3. The van der Waals surface area contributed by atoms with E-state index in [2.05, 4.69) is 19.2 Å². The molecule has 1 atom stereocenters. The van der Waals surface area contributed by atoms with E-state index in [9.17, 15) is 10.2 Å². The van der Waals surface area contributed by atoms with Crippen molar-refractivity contribution in [3.8, 4) is 11.5 Å². The minimum atomic E-state index is -0.0684. The van der Waals surface area contributed by atoms with Crippen molar-refractivity contribution in [3.63, 3.8) is 0 Å². The summed E-state index contributed by atoms with van der Waals surface area (Å²) < 4.78 is 0. The number of rotatable bonds is 7. The van der Waals surface area contributed by atoms with Gasteiger partial charge < -0.3 is 15.5 Å². The second kappa shape index (κ2) is 7.45. The highest BCUT2D eigenvalue weighted by Gasteiger charge is 2.03. The molecule has 3 N–H and O–H groups in total. The van der Waals surface area contributed by atoms with Crippen molar-refractivity contribution >= 4 is 11.8 Å². The summed E-state index contributed by atoms with van der Waals surface area (Å²) in [6.45, 7) is 5.05. The molecule has 0 amide bonds. The summed E-state index contributed by atoms with van der Waals surface area (Å²) in [5, 5.41) is 21.9. The molecule has 1 aromatic carbocycles. The minimum absolute atomic E-state index is 0.0570. The number of benzene rings is 1. The molecule has 0 radical (unpaired) electrons. The van der Waals surface area contributed by atoms with Gasteiger partial charge in [-0.05, 0) is 42.5 Å². The first-order valence-electron chi connectivity index (χ1n) is 5.95. The zero-order valence-corrected chi connectivity index (χ0v) is 11.3. The summed E-state index contributed by atoms with van der Waals surface area (Å²) in [5.74, 6) is 2.21. The summed E-state index contributed by atoms with van der Waals surface area (Å²) >= 11 is 1.95. The summed E-state index contributed by atoms with van der Waals surface area (Å²) in [5.41, 5.74) is 0.982. The molecule has 3 nitrogen and oxygen atoms in total. The van der Waals surface area contributed by atoms with Gasteiger partial charge in [-0.25, -0.2) is 0 Å². The van der Waals surface area contributed by atoms with Crippen LogP contribution in [0.1, 0.15) is 25.8 Å². The molecule has 0 saturated carbocycles. The smallest absolute Gasteiger partial charge is 0.157 e. The fourth-order valence-corrected chi connectivity index (χ4v) is 2.29. The number of thioether (sulfide) groups is 1. The van der Waals surface area contributed by atoms with Crippen LogP contribution in [0.2, 0.25) is 0 Å². The molecule has 0 fully saturated rings. The Morgan fingerprint density at radius 2 is 2.06 bits per heavy atom. The lowest BCUT2D eigenvalue weighted by Gasteiger charge is -2.13. The Labute approximate surface area is 107 Å². The van der Waals surface area contributed by atoms with E-state index in [4.69, 9.17) is 0 Å². The summed E-state index contributed by atoms with van der Waals surface area (Å²) in [7, 11) is 0. The van der Waals surface area contributed by atoms with E-state index >= 15 is 0 Å². The van der Waals surface area contributed by atoms with Crippen molar-refractivity contribution in [2.75, 3.05) is 11.5 Å². The van der Waals surface area contributed by atoms with Gasteiger partial charge in [-0.3, -0.25) is 0 Å². The Morgan fingerprint density at radius 1 is 1.29 bits per heavy atom. The number of hydrogen-bond acceptors (Lipinski definition) is 4. The minimum Gasteiger partial charge on any atom is -0.504 e. The van der Waals surface area contributed by atoms with Crippen LogP contribution in [0.5, 0.6) is 11.5 Å². The molecule has 17 heavy (non-hydrogen) atoms. The lowest BCUT2D eigenvalue weighted by Crippen LogP contribution is -2.25. The maximum Gasteiger partial charge on any atom is 0.157 e. The normalized spacial score (nSPS) is 12.6. The van der Waals surface area contributed by atoms with Gasteiger partial charge in [0.25, 0.3) is 0 Å². The first-order valence-corrected chi connectivity index (χ1v) is 7.11. The SMILES string of the molecule is CCSCCC(C)NCc1ccc(O)c(O)c1. The molecule has 1 aromatic rings. The monoisotopic (exact) mass is 255 g/mol. The Hall–Kier alpha value is -0.870. The molecule has 0 aromatic heterocycles. The molecular formula is C13H21NO2S. The van der Waals surface area contributed by atoms with Gasteiger partial charge in [0.15, 0.2) is 11.5 Å². The molecule has 0 bridgehead atoms. The van der Waals surface area contributed by atoms with E-state index in [-0.39, 0.29) is 11.5 Å². The zero-order chi connectivity index (χ0) is 12.7. The zero-order valence-electron chi connectivity index (χ0n) is 10.4. The van der Waals surface area contributed by atoms with Gasteiger partial charge in [0, 0.05) is 12.6 Å². The molecule has 0 aliphatic rings. The second-order valence-electron chi connectivity index (χ2n) is 4.09. The third kappa shape index (κ3) is 5.33. The van der Waals surface area contributed by atoms with Crippen molar-refractivity contribution in [1.29, 1.82) is 0 Å². The Bertz CT molecular complexity index is 344. The van der Waals surface area contributed by atoms with Crippen molar-refractivity contribution in [1.82, 2.24) is 5.32 Å². The summed E-state index contributed by atoms with van der Waals surface area (Å²) in [6.07, 6.45) is 1.14. The molecule has 0 saturated heterocycles. The topological polar surface area (TPSA) is 52.5 Å². The van der Waals surface area contributed by atoms with E-state index in [0.29, 0.717) is 12.6 Å². The van der Waals surface area contributed by atoms with Crippen LogP contribution < -0.4 is 5.32 Å². The Kier molecular flexibility index (Phi) is 6.22. The van der Waals surface area contributed by atoms with Crippen LogP contribution in [0, 0.1) is 0 Å². The second-order valence-corrected chi connectivity index (χ2v) is 5.48. The maximum absolute atomic E-state index is 9.36. The quantitative estimate of drug-likeness (QED) is 0.518. The highest BCUT2D eigenvalue weighted by molar-refractivity contribution is 7.99. The average Bonchev–Trinajstić information content (AvgIpc) is 2.31. The first-order chi connectivity index (χ1) is 8.13. The van der Waals surface area contributed by atoms with Crippen LogP contribution in [-0.4, -0.2) is 27.8 Å². The highest BCUT2D eigenvalue weighted by Crippen LogP contribution is 2.24. The predicted octanol–water partition coefficient (Wildman–Crippen LogP) is 2.72. The number of phenols is 2. The van der Waals surface area contributed by atoms with Gasteiger partial charge >= 0.3 is 0 Å². The first kappa shape index (κ1) is 14.2. The Balaban J connectivity index is 2.31. The molecule has 0 aliphatic carbocycles. The fourth-order valence-electron chi connectivity index (χ4n) is 1.48. The molecule has 4 heteroatoms. The number of aromatic hydroxyl groups is 2. The van der Waals surface area contributed by atoms with Crippen LogP contribution in [0.25, 0.3) is 0 Å². The predicted molar refractivity (Wildman–Crippen MR) is 73.7 cm³/mol. The molecule has 1 unspecified atom stereocenters. The molecule has 0 spiro atoms. The van der Waals surface area contributed by atoms with Gasteiger partial charge in [-0.1, -0.05) is 13.0 Å². The Morgan fingerprint density at radius 3 is 2.71 bits per heavy atom. The maximum atomic E-state index is 9.36. The molecule has 1 rings (SSSR count).